The average Bonchev–Trinajstić information content (AvgIpc) is 3.06. The maximum Gasteiger partial charge on any atom is 0.414 e. The van der Waals surface area contributed by atoms with Crippen LogP contribution in [0.3, 0.4) is 0 Å². The number of anilines is 2. The fourth-order valence-electron chi connectivity index (χ4n) is 3.32. The number of amides is 3. The van der Waals surface area contributed by atoms with Crippen molar-refractivity contribution in [2.75, 3.05) is 49.1 Å². The van der Waals surface area contributed by atoms with Crippen molar-refractivity contribution < 1.29 is 32.3 Å². The molecule has 0 aromatic heterocycles. The Morgan fingerprint density at radius 1 is 1.24 bits per heavy atom. The van der Waals surface area contributed by atoms with Gasteiger partial charge in [-0.1, -0.05) is 0 Å². The second kappa shape index (κ2) is 8.58. The Labute approximate surface area is 165 Å². The van der Waals surface area contributed by atoms with Crippen LogP contribution in [0.1, 0.15) is 6.92 Å². The van der Waals surface area contributed by atoms with Crippen LogP contribution in [0.5, 0.6) is 0 Å². The third kappa shape index (κ3) is 4.72. The number of benzene rings is 1. The van der Waals surface area contributed by atoms with Crippen LogP contribution in [0, 0.1) is 5.82 Å². The first-order chi connectivity index (χ1) is 13.8. The van der Waals surface area contributed by atoms with Crippen LogP contribution < -0.4 is 15.1 Å². The number of halogens is 3. The summed E-state index contributed by atoms with van der Waals surface area (Å²) in [6.07, 6.45) is -4.21. The molecule has 1 aromatic carbocycles. The molecule has 1 N–H and O–H groups in total. The molecule has 0 aliphatic carbocycles. The number of nitrogens with zero attached hydrogens (tertiary/aromatic N) is 3. The molecule has 0 radical (unpaired) electrons. The van der Waals surface area contributed by atoms with E-state index >= 15 is 0 Å². The Kier molecular flexibility index (Phi) is 6.14. The number of carbonyl (C=O) groups is 3. The second-order valence-corrected chi connectivity index (χ2v) is 6.80. The molecule has 8 nitrogen and oxygen atoms in total. The lowest BCUT2D eigenvalue weighted by Crippen LogP contribution is -2.50. The predicted molar refractivity (Wildman–Crippen MR) is 97.5 cm³/mol. The first-order valence-electron chi connectivity index (χ1n) is 9.10. The number of ether oxygens (including phenoxy) is 1. The molecule has 2 saturated heterocycles. The zero-order valence-corrected chi connectivity index (χ0v) is 15.7. The minimum atomic E-state index is -3.05. The summed E-state index contributed by atoms with van der Waals surface area (Å²) in [4.78, 5) is 38.4. The van der Waals surface area contributed by atoms with E-state index in [0.29, 0.717) is 5.69 Å². The average molecular weight is 414 g/mol. The number of piperazine rings is 1. The summed E-state index contributed by atoms with van der Waals surface area (Å²) in [5.74, 6) is -2.04. The topological polar surface area (TPSA) is 82.2 Å². The molecule has 11 heteroatoms. The Bertz CT molecular complexity index is 799. The summed E-state index contributed by atoms with van der Waals surface area (Å²) in [5, 5.41) is 2.56. The molecule has 0 saturated carbocycles. The van der Waals surface area contributed by atoms with Crippen LogP contribution in [0.15, 0.2) is 18.2 Å². The van der Waals surface area contributed by atoms with Crippen molar-refractivity contribution in [2.45, 2.75) is 19.5 Å². The predicted octanol–water partition coefficient (Wildman–Crippen LogP) is 1.20. The van der Waals surface area contributed by atoms with Crippen molar-refractivity contribution in [1.29, 1.82) is 0 Å². The monoisotopic (exact) mass is 414 g/mol. The van der Waals surface area contributed by atoms with Gasteiger partial charge in [-0.2, -0.15) is 8.78 Å². The minimum absolute atomic E-state index is 0.0770. The van der Waals surface area contributed by atoms with Crippen LogP contribution in [0.2, 0.25) is 0 Å². The molecular weight excluding hydrogens is 393 g/mol. The Hall–Kier alpha value is -2.98. The summed E-state index contributed by atoms with van der Waals surface area (Å²) >= 11 is 0. The smallest absolute Gasteiger partial charge is 0.414 e. The molecule has 29 heavy (non-hydrogen) atoms. The fourth-order valence-corrected chi connectivity index (χ4v) is 3.32. The van der Waals surface area contributed by atoms with Crippen LogP contribution in [-0.4, -0.2) is 74.6 Å². The first kappa shape index (κ1) is 20.7. The van der Waals surface area contributed by atoms with Gasteiger partial charge in [0.25, 0.3) is 5.91 Å². The molecule has 2 aliphatic rings. The molecule has 2 fully saturated rings. The standard InChI is InChI=1S/C18H21F3N4O4/c1-11(26)22-9-13-10-25(18(28)29-13)12-2-3-15(14(19)8-12)23-4-6-24(7-5-23)17(27)16(20)21/h2-3,8,13,16H,4-7,9-10H2,1H3,(H,22,26)/t13-/m0/s1. The summed E-state index contributed by atoms with van der Waals surface area (Å²) in [6.45, 7) is 2.29. The quantitative estimate of drug-likeness (QED) is 0.783. The molecule has 0 unspecified atom stereocenters. The van der Waals surface area contributed by atoms with E-state index in [-0.39, 0.29) is 50.9 Å². The number of nitrogens with one attached hydrogen (secondary N) is 1. The largest absolute Gasteiger partial charge is 0.442 e. The molecule has 3 amide bonds. The van der Waals surface area contributed by atoms with Crippen LogP contribution in [0.4, 0.5) is 29.3 Å². The lowest BCUT2D eigenvalue weighted by Gasteiger charge is -2.36. The Morgan fingerprint density at radius 3 is 2.52 bits per heavy atom. The van der Waals surface area contributed by atoms with E-state index in [2.05, 4.69) is 5.32 Å². The van der Waals surface area contributed by atoms with Gasteiger partial charge in [-0.3, -0.25) is 14.5 Å². The van der Waals surface area contributed by atoms with Gasteiger partial charge in [-0.05, 0) is 18.2 Å². The molecule has 1 aromatic rings. The number of cyclic esters (lactones) is 1. The van der Waals surface area contributed by atoms with Crippen molar-refractivity contribution in [3.8, 4) is 0 Å². The van der Waals surface area contributed by atoms with Crippen molar-refractivity contribution in [2.24, 2.45) is 0 Å². The van der Waals surface area contributed by atoms with E-state index in [1.807, 2.05) is 0 Å². The van der Waals surface area contributed by atoms with Gasteiger partial charge < -0.3 is 19.9 Å². The van der Waals surface area contributed by atoms with E-state index in [1.165, 1.54) is 24.0 Å². The van der Waals surface area contributed by atoms with Crippen molar-refractivity contribution >= 4 is 29.3 Å². The lowest BCUT2D eigenvalue weighted by atomic mass is 10.2. The van der Waals surface area contributed by atoms with Gasteiger partial charge in [0.05, 0.1) is 24.5 Å². The van der Waals surface area contributed by atoms with Gasteiger partial charge in [0, 0.05) is 33.1 Å². The molecule has 1 atom stereocenters. The number of hydrogen-bond donors (Lipinski definition) is 1. The first-order valence-corrected chi connectivity index (χ1v) is 9.10. The van der Waals surface area contributed by atoms with Gasteiger partial charge in [0.15, 0.2) is 0 Å². The molecular formula is C18H21F3N4O4. The highest BCUT2D eigenvalue weighted by Gasteiger charge is 2.33. The lowest BCUT2D eigenvalue weighted by molar-refractivity contribution is -0.143. The highest BCUT2D eigenvalue weighted by molar-refractivity contribution is 5.90. The maximum absolute atomic E-state index is 14.7. The molecule has 2 aliphatic heterocycles. The van der Waals surface area contributed by atoms with Crippen LogP contribution in [0.25, 0.3) is 0 Å². The Morgan fingerprint density at radius 2 is 1.93 bits per heavy atom. The highest BCUT2D eigenvalue weighted by Crippen LogP contribution is 2.28. The minimum Gasteiger partial charge on any atom is -0.442 e. The molecule has 158 valence electrons. The van der Waals surface area contributed by atoms with Gasteiger partial charge in [0.1, 0.15) is 11.9 Å². The molecule has 3 rings (SSSR count). The second-order valence-electron chi connectivity index (χ2n) is 6.80. The maximum atomic E-state index is 14.7. The molecule has 2 heterocycles. The summed E-state index contributed by atoms with van der Waals surface area (Å²) < 4.78 is 44.8. The number of hydrogen-bond acceptors (Lipinski definition) is 5. The SMILES string of the molecule is CC(=O)NC[C@H]1CN(c2ccc(N3CCN(C(=O)C(F)F)CC3)c(F)c2)C(=O)O1. The van der Waals surface area contributed by atoms with Gasteiger partial charge in [0.2, 0.25) is 5.91 Å². The van der Waals surface area contributed by atoms with Gasteiger partial charge >= 0.3 is 12.5 Å². The van der Waals surface area contributed by atoms with Gasteiger partial charge in [-0.15, -0.1) is 0 Å². The third-order valence-electron chi connectivity index (χ3n) is 4.81. The number of rotatable bonds is 5. The van der Waals surface area contributed by atoms with Crippen molar-refractivity contribution in [3.63, 3.8) is 0 Å². The fraction of sp³-hybridized carbons (Fsp3) is 0.500. The van der Waals surface area contributed by atoms with E-state index in [9.17, 15) is 27.6 Å². The molecule has 0 spiro atoms. The van der Waals surface area contributed by atoms with E-state index in [4.69, 9.17) is 4.74 Å². The zero-order valence-electron chi connectivity index (χ0n) is 15.7. The van der Waals surface area contributed by atoms with Crippen LogP contribution in [-0.2, 0) is 14.3 Å². The van der Waals surface area contributed by atoms with Crippen molar-refractivity contribution in [1.82, 2.24) is 10.2 Å². The number of alkyl halides is 2. The van der Waals surface area contributed by atoms with Gasteiger partial charge in [-0.25, -0.2) is 9.18 Å². The van der Waals surface area contributed by atoms with E-state index in [0.717, 1.165) is 4.90 Å². The normalized spacial score (nSPS) is 19.6. The zero-order chi connectivity index (χ0) is 21.1. The highest BCUT2D eigenvalue weighted by atomic mass is 19.3. The van der Waals surface area contributed by atoms with E-state index < -0.39 is 30.3 Å². The summed E-state index contributed by atoms with van der Waals surface area (Å²) in [5.41, 5.74) is 0.577. The van der Waals surface area contributed by atoms with E-state index in [1.54, 1.807) is 11.0 Å². The summed E-state index contributed by atoms with van der Waals surface area (Å²) in [7, 11) is 0. The third-order valence-corrected chi connectivity index (χ3v) is 4.81. The summed E-state index contributed by atoms with van der Waals surface area (Å²) in [6, 6.07) is 4.27. The molecule has 0 bridgehead atoms. The van der Waals surface area contributed by atoms with Crippen LogP contribution >= 0.6 is 0 Å². The van der Waals surface area contributed by atoms with Crippen molar-refractivity contribution in [3.05, 3.63) is 24.0 Å². The Balaban J connectivity index is 1.63. The number of carbonyl (C=O) groups excluding carboxylic acids is 3.